The van der Waals surface area contributed by atoms with Crippen LogP contribution in [0.25, 0.3) is 11.4 Å². The van der Waals surface area contributed by atoms with Crippen LogP contribution in [0, 0.1) is 0 Å². The number of hydrogen-bond donors (Lipinski definition) is 0. The monoisotopic (exact) mass is 222 g/mol. The first kappa shape index (κ1) is 10.1. The fraction of sp³-hybridized carbons (Fsp3) is 0.182. The number of ether oxygens (including phenoxy) is 1. The van der Waals surface area contributed by atoms with E-state index in [1.54, 1.807) is 13.3 Å². The summed E-state index contributed by atoms with van der Waals surface area (Å²) in [4.78, 5) is 4.25. The molecule has 1 aromatic heterocycles. The maximum atomic E-state index is 6.04. The summed E-state index contributed by atoms with van der Waals surface area (Å²) in [6, 6.07) is 5.63. The predicted octanol–water partition coefficient (Wildman–Crippen LogP) is 2.75. The van der Waals surface area contributed by atoms with Crippen molar-refractivity contribution in [3.8, 4) is 17.1 Å². The van der Waals surface area contributed by atoms with Crippen molar-refractivity contribution in [2.24, 2.45) is 7.05 Å². The van der Waals surface area contributed by atoms with Crippen molar-refractivity contribution in [3.05, 3.63) is 35.6 Å². The molecular formula is C11H11ClN2O. The van der Waals surface area contributed by atoms with E-state index in [0.717, 1.165) is 11.4 Å². The second-order valence-electron chi connectivity index (χ2n) is 3.21. The Morgan fingerprint density at radius 2 is 2.20 bits per heavy atom. The molecule has 0 saturated carbocycles. The quantitative estimate of drug-likeness (QED) is 0.781. The molecule has 2 aromatic rings. The molecule has 78 valence electrons. The second kappa shape index (κ2) is 3.95. The average molecular weight is 223 g/mol. The highest BCUT2D eigenvalue weighted by atomic mass is 35.5. The first-order valence-corrected chi connectivity index (χ1v) is 4.91. The van der Waals surface area contributed by atoms with Crippen LogP contribution < -0.4 is 4.74 Å². The van der Waals surface area contributed by atoms with Gasteiger partial charge in [-0.15, -0.1) is 0 Å². The number of methoxy groups -OCH3 is 1. The Morgan fingerprint density at radius 1 is 1.40 bits per heavy atom. The standard InChI is InChI=1S/C11H11ClN2O/c1-14-6-5-13-11(14)8-3-4-10(15-2)9(12)7-8/h3-7H,1-2H3. The van der Waals surface area contributed by atoms with Crippen LogP contribution in [0.1, 0.15) is 0 Å². The molecule has 0 amide bonds. The van der Waals surface area contributed by atoms with E-state index in [1.807, 2.05) is 36.0 Å². The number of hydrogen-bond acceptors (Lipinski definition) is 2. The summed E-state index contributed by atoms with van der Waals surface area (Å²) in [6.07, 6.45) is 3.65. The summed E-state index contributed by atoms with van der Waals surface area (Å²) in [7, 11) is 3.54. The largest absolute Gasteiger partial charge is 0.495 e. The highest BCUT2D eigenvalue weighted by Gasteiger charge is 2.06. The molecule has 0 spiro atoms. The van der Waals surface area contributed by atoms with Crippen LogP contribution in [0.3, 0.4) is 0 Å². The predicted molar refractivity (Wildman–Crippen MR) is 60.2 cm³/mol. The van der Waals surface area contributed by atoms with Gasteiger partial charge in [-0.2, -0.15) is 0 Å². The van der Waals surface area contributed by atoms with Gasteiger partial charge in [0.05, 0.1) is 12.1 Å². The number of benzene rings is 1. The summed E-state index contributed by atoms with van der Waals surface area (Å²) < 4.78 is 7.03. The lowest BCUT2D eigenvalue weighted by molar-refractivity contribution is 0.415. The van der Waals surface area contributed by atoms with E-state index < -0.39 is 0 Å². The van der Waals surface area contributed by atoms with Gasteiger partial charge in [0.25, 0.3) is 0 Å². The molecule has 0 bridgehead atoms. The number of halogens is 1. The number of aryl methyl sites for hydroxylation is 1. The molecule has 1 aromatic carbocycles. The van der Waals surface area contributed by atoms with Crippen molar-refractivity contribution in [2.75, 3.05) is 7.11 Å². The molecule has 0 N–H and O–H groups in total. The molecule has 0 fully saturated rings. The van der Waals surface area contributed by atoms with E-state index >= 15 is 0 Å². The van der Waals surface area contributed by atoms with Gasteiger partial charge in [-0.3, -0.25) is 0 Å². The Morgan fingerprint density at radius 3 is 2.73 bits per heavy atom. The minimum atomic E-state index is 0.595. The summed E-state index contributed by atoms with van der Waals surface area (Å²) in [5.41, 5.74) is 0.980. The van der Waals surface area contributed by atoms with E-state index in [0.29, 0.717) is 10.8 Å². The first-order valence-electron chi connectivity index (χ1n) is 4.53. The zero-order chi connectivity index (χ0) is 10.8. The van der Waals surface area contributed by atoms with Crippen LogP contribution in [0.5, 0.6) is 5.75 Å². The summed E-state index contributed by atoms with van der Waals surface area (Å²) >= 11 is 6.04. The summed E-state index contributed by atoms with van der Waals surface area (Å²) in [6.45, 7) is 0. The van der Waals surface area contributed by atoms with Crippen molar-refractivity contribution in [1.82, 2.24) is 9.55 Å². The fourth-order valence-electron chi connectivity index (χ4n) is 1.45. The molecule has 0 saturated heterocycles. The van der Waals surface area contributed by atoms with Crippen LogP contribution in [0.2, 0.25) is 5.02 Å². The highest BCUT2D eigenvalue weighted by Crippen LogP contribution is 2.29. The molecule has 2 rings (SSSR count). The number of rotatable bonds is 2. The Hall–Kier alpha value is -1.48. The lowest BCUT2D eigenvalue weighted by Crippen LogP contribution is -1.92. The van der Waals surface area contributed by atoms with Gasteiger partial charge < -0.3 is 9.30 Å². The van der Waals surface area contributed by atoms with Crippen molar-refractivity contribution >= 4 is 11.6 Å². The maximum absolute atomic E-state index is 6.04. The minimum absolute atomic E-state index is 0.595. The third-order valence-electron chi connectivity index (χ3n) is 2.23. The number of aromatic nitrogens is 2. The fourth-order valence-corrected chi connectivity index (χ4v) is 1.71. The number of nitrogens with zero attached hydrogens (tertiary/aromatic N) is 2. The van der Waals surface area contributed by atoms with E-state index in [2.05, 4.69) is 4.98 Å². The minimum Gasteiger partial charge on any atom is -0.495 e. The van der Waals surface area contributed by atoms with Gasteiger partial charge in [-0.1, -0.05) is 11.6 Å². The smallest absolute Gasteiger partial charge is 0.139 e. The zero-order valence-corrected chi connectivity index (χ0v) is 9.32. The van der Waals surface area contributed by atoms with Crippen LogP contribution in [-0.2, 0) is 7.05 Å². The van der Waals surface area contributed by atoms with Gasteiger partial charge in [0, 0.05) is 25.0 Å². The van der Waals surface area contributed by atoms with Gasteiger partial charge in [0.2, 0.25) is 0 Å². The molecule has 3 nitrogen and oxygen atoms in total. The van der Waals surface area contributed by atoms with E-state index in [9.17, 15) is 0 Å². The van der Waals surface area contributed by atoms with Crippen LogP contribution in [0.15, 0.2) is 30.6 Å². The van der Waals surface area contributed by atoms with Crippen molar-refractivity contribution in [2.45, 2.75) is 0 Å². The Kier molecular flexibility index (Phi) is 2.64. The van der Waals surface area contributed by atoms with Crippen LogP contribution in [0.4, 0.5) is 0 Å². The molecule has 0 radical (unpaired) electrons. The Labute approximate surface area is 93.3 Å². The van der Waals surface area contributed by atoms with Crippen LogP contribution >= 0.6 is 11.6 Å². The SMILES string of the molecule is COc1ccc(-c2nccn2C)cc1Cl. The third kappa shape index (κ3) is 1.83. The van der Waals surface area contributed by atoms with Gasteiger partial charge in [0.15, 0.2) is 0 Å². The molecule has 4 heteroatoms. The number of imidazole rings is 1. The third-order valence-corrected chi connectivity index (χ3v) is 2.53. The van der Waals surface area contributed by atoms with Crippen molar-refractivity contribution < 1.29 is 4.74 Å². The second-order valence-corrected chi connectivity index (χ2v) is 3.62. The van der Waals surface area contributed by atoms with Gasteiger partial charge in [-0.05, 0) is 18.2 Å². The van der Waals surface area contributed by atoms with Gasteiger partial charge in [0.1, 0.15) is 11.6 Å². The molecule has 0 aliphatic heterocycles. The molecule has 0 aliphatic carbocycles. The molecule has 0 atom stereocenters. The van der Waals surface area contributed by atoms with E-state index in [1.165, 1.54) is 0 Å². The van der Waals surface area contributed by atoms with E-state index in [4.69, 9.17) is 16.3 Å². The van der Waals surface area contributed by atoms with Gasteiger partial charge >= 0.3 is 0 Å². The summed E-state index contributed by atoms with van der Waals surface area (Å²) in [5.74, 6) is 1.56. The molecule has 1 heterocycles. The molecular weight excluding hydrogens is 212 g/mol. The topological polar surface area (TPSA) is 27.1 Å². The lowest BCUT2D eigenvalue weighted by Gasteiger charge is -2.05. The van der Waals surface area contributed by atoms with E-state index in [-0.39, 0.29) is 0 Å². The van der Waals surface area contributed by atoms with Crippen LogP contribution in [-0.4, -0.2) is 16.7 Å². The average Bonchev–Trinajstić information content (AvgIpc) is 2.64. The first-order chi connectivity index (χ1) is 7.22. The normalized spacial score (nSPS) is 10.3. The molecule has 0 unspecified atom stereocenters. The Bertz CT molecular complexity index is 479. The van der Waals surface area contributed by atoms with Gasteiger partial charge in [-0.25, -0.2) is 4.98 Å². The van der Waals surface area contributed by atoms with Crippen molar-refractivity contribution in [3.63, 3.8) is 0 Å². The zero-order valence-electron chi connectivity index (χ0n) is 8.57. The molecule has 15 heavy (non-hydrogen) atoms. The molecule has 0 aliphatic rings. The Balaban J connectivity index is 2.47. The van der Waals surface area contributed by atoms with Crippen molar-refractivity contribution in [1.29, 1.82) is 0 Å². The highest BCUT2D eigenvalue weighted by molar-refractivity contribution is 6.32. The lowest BCUT2D eigenvalue weighted by atomic mass is 10.2. The summed E-state index contributed by atoms with van der Waals surface area (Å²) in [5, 5.41) is 0.595. The maximum Gasteiger partial charge on any atom is 0.139 e.